The first kappa shape index (κ1) is 17.3. The standard InChI is InChI=1S/C15H16F3N3OS/c1-9(14-19-4-5-23-14)8-21-15(22)20-3-2-10-6-11(16)13(18)12(17)7-10/h4-7,9H,2-3,8H2,1H3,(H2,20,21,22)/t9-/m1/s1. The van der Waals surface area contributed by atoms with Gasteiger partial charge in [-0.15, -0.1) is 11.3 Å². The van der Waals surface area contributed by atoms with E-state index in [1.165, 1.54) is 11.3 Å². The van der Waals surface area contributed by atoms with E-state index in [-0.39, 0.29) is 30.5 Å². The Labute approximate surface area is 135 Å². The Bertz CT molecular complexity index is 641. The van der Waals surface area contributed by atoms with Crippen LogP contribution in [0.25, 0.3) is 0 Å². The van der Waals surface area contributed by atoms with Crippen LogP contribution in [-0.4, -0.2) is 24.1 Å². The van der Waals surface area contributed by atoms with Gasteiger partial charge < -0.3 is 10.6 Å². The summed E-state index contributed by atoms with van der Waals surface area (Å²) in [5.74, 6) is -3.86. The number of thiazole rings is 1. The first-order valence-corrected chi connectivity index (χ1v) is 7.90. The molecule has 4 nitrogen and oxygen atoms in total. The fourth-order valence-corrected chi connectivity index (χ4v) is 2.64. The highest BCUT2D eigenvalue weighted by molar-refractivity contribution is 7.09. The molecule has 0 radical (unpaired) electrons. The Morgan fingerprint density at radius 2 is 1.96 bits per heavy atom. The largest absolute Gasteiger partial charge is 0.338 e. The minimum Gasteiger partial charge on any atom is -0.338 e. The molecule has 0 spiro atoms. The van der Waals surface area contributed by atoms with Crippen LogP contribution in [0.1, 0.15) is 23.4 Å². The van der Waals surface area contributed by atoms with Crippen molar-refractivity contribution >= 4 is 17.4 Å². The highest BCUT2D eigenvalue weighted by atomic mass is 32.1. The number of benzene rings is 1. The van der Waals surface area contributed by atoms with Gasteiger partial charge in [-0.3, -0.25) is 0 Å². The molecule has 124 valence electrons. The molecule has 8 heteroatoms. The zero-order chi connectivity index (χ0) is 16.8. The number of aromatic nitrogens is 1. The lowest BCUT2D eigenvalue weighted by Crippen LogP contribution is -2.38. The molecule has 0 unspecified atom stereocenters. The van der Waals surface area contributed by atoms with Gasteiger partial charge in [-0.05, 0) is 24.1 Å². The summed E-state index contributed by atoms with van der Waals surface area (Å²) in [7, 11) is 0. The van der Waals surface area contributed by atoms with Gasteiger partial charge in [0.1, 0.15) is 0 Å². The third-order valence-electron chi connectivity index (χ3n) is 3.18. The molecule has 1 heterocycles. The third kappa shape index (κ3) is 4.95. The lowest BCUT2D eigenvalue weighted by Gasteiger charge is -2.11. The maximum Gasteiger partial charge on any atom is 0.314 e. The molecule has 1 aromatic carbocycles. The molecule has 1 atom stereocenters. The Morgan fingerprint density at radius 1 is 1.26 bits per heavy atom. The molecule has 0 aliphatic heterocycles. The predicted octanol–water partition coefficient (Wildman–Crippen LogP) is 3.21. The summed E-state index contributed by atoms with van der Waals surface area (Å²) in [5.41, 5.74) is 0.276. The summed E-state index contributed by atoms with van der Waals surface area (Å²) in [6.07, 6.45) is 1.90. The zero-order valence-corrected chi connectivity index (χ0v) is 13.2. The molecule has 2 aromatic rings. The van der Waals surface area contributed by atoms with Crippen LogP contribution >= 0.6 is 11.3 Å². The van der Waals surface area contributed by atoms with E-state index in [0.717, 1.165) is 17.1 Å². The van der Waals surface area contributed by atoms with E-state index in [0.29, 0.717) is 6.54 Å². The van der Waals surface area contributed by atoms with Crippen molar-refractivity contribution in [2.24, 2.45) is 0 Å². The molecule has 2 amide bonds. The van der Waals surface area contributed by atoms with Gasteiger partial charge in [0.2, 0.25) is 0 Å². The van der Waals surface area contributed by atoms with E-state index < -0.39 is 17.5 Å². The van der Waals surface area contributed by atoms with E-state index in [2.05, 4.69) is 15.6 Å². The van der Waals surface area contributed by atoms with Gasteiger partial charge in [-0.1, -0.05) is 6.92 Å². The summed E-state index contributed by atoms with van der Waals surface area (Å²) in [6, 6.07) is 1.46. The van der Waals surface area contributed by atoms with Crippen molar-refractivity contribution < 1.29 is 18.0 Å². The Morgan fingerprint density at radius 3 is 2.57 bits per heavy atom. The number of rotatable bonds is 6. The van der Waals surface area contributed by atoms with Crippen molar-refractivity contribution in [2.45, 2.75) is 19.3 Å². The van der Waals surface area contributed by atoms with Crippen LogP contribution in [0.5, 0.6) is 0 Å². The highest BCUT2D eigenvalue weighted by Crippen LogP contribution is 2.16. The molecule has 0 aliphatic rings. The van der Waals surface area contributed by atoms with Crippen LogP contribution in [0, 0.1) is 17.5 Å². The van der Waals surface area contributed by atoms with Crippen LogP contribution in [0.15, 0.2) is 23.7 Å². The fourth-order valence-electron chi connectivity index (χ4n) is 1.95. The van der Waals surface area contributed by atoms with Crippen LogP contribution in [0.2, 0.25) is 0 Å². The molecule has 0 aliphatic carbocycles. The SMILES string of the molecule is C[C@H](CNC(=O)NCCc1cc(F)c(F)c(F)c1)c1nccs1. The van der Waals surface area contributed by atoms with Gasteiger partial charge >= 0.3 is 6.03 Å². The number of nitrogens with zero attached hydrogens (tertiary/aromatic N) is 1. The average molecular weight is 343 g/mol. The zero-order valence-electron chi connectivity index (χ0n) is 12.4. The molecule has 0 saturated heterocycles. The Kier molecular flexibility index (Phi) is 5.97. The topological polar surface area (TPSA) is 54.0 Å². The number of hydrogen-bond donors (Lipinski definition) is 2. The molecule has 0 bridgehead atoms. The monoisotopic (exact) mass is 343 g/mol. The van der Waals surface area contributed by atoms with E-state index in [1.807, 2.05) is 12.3 Å². The minimum atomic E-state index is -1.49. The summed E-state index contributed by atoms with van der Waals surface area (Å²) in [4.78, 5) is 15.8. The molecule has 0 fully saturated rings. The molecular formula is C15H16F3N3OS. The van der Waals surface area contributed by atoms with Crippen molar-refractivity contribution in [1.29, 1.82) is 0 Å². The van der Waals surface area contributed by atoms with E-state index >= 15 is 0 Å². The van der Waals surface area contributed by atoms with Crippen LogP contribution < -0.4 is 10.6 Å². The number of carbonyl (C=O) groups excluding carboxylic acids is 1. The molecule has 2 N–H and O–H groups in total. The molecule has 2 rings (SSSR count). The van der Waals surface area contributed by atoms with E-state index in [1.54, 1.807) is 6.20 Å². The quantitative estimate of drug-likeness (QED) is 0.792. The van der Waals surface area contributed by atoms with E-state index in [4.69, 9.17) is 0 Å². The number of amides is 2. The van der Waals surface area contributed by atoms with Gasteiger partial charge in [0.25, 0.3) is 0 Å². The summed E-state index contributed by atoms with van der Waals surface area (Å²) in [6.45, 7) is 2.56. The molecular weight excluding hydrogens is 327 g/mol. The second-order valence-corrected chi connectivity index (χ2v) is 5.96. The molecule has 0 saturated carbocycles. The average Bonchev–Trinajstić information content (AvgIpc) is 3.04. The summed E-state index contributed by atoms with van der Waals surface area (Å²) in [5, 5.41) is 8.08. The van der Waals surface area contributed by atoms with Crippen molar-refractivity contribution in [3.63, 3.8) is 0 Å². The van der Waals surface area contributed by atoms with E-state index in [9.17, 15) is 18.0 Å². The first-order valence-electron chi connectivity index (χ1n) is 7.02. The lowest BCUT2D eigenvalue weighted by molar-refractivity contribution is 0.240. The minimum absolute atomic E-state index is 0.0982. The second kappa shape index (κ2) is 7.96. The van der Waals surface area contributed by atoms with Crippen molar-refractivity contribution in [2.75, 3.05) is 13.1 Å². The van der Waals surface area contributed by atoms with Gasteiger partial charge in [0.05, 0.1) is 5.01 Å². The number of hydrogen-bond acceptors (Lipinski definition) is 3. The third-order valence-corrected chi connectivity index (χ3v) is 4.19. The Hall–Kier alpha value is -2.09. The van der Waals surface area contributed by atoms with Crippen LogP contribution in [0.3, 0.4) is 0 Å². The fraction of sp³-hybridized carbons (Fsp3) is 0.333. The first-order chi connectivity index (χ1) is 11.0. The van der Waals surface area contributed by atoms with Gasteiger partial charge in [0, 0.05) is 30.6 Å². The van der Waals surface area contributed by atoms with Crippen LogP contribution in [0.4, 0.5) is 18.0 Å². The maximum atomic E-state index is 13.1. The Balaban J connectivity index is 1.72. The molecule has 1 aromatic heterocycles. The van der Waals surface area contributed by atoms with Gasteiger partial charge in [-0.25, -0.2) is 22.9 Å². The second-order valence-electron chi connectivity index (χ2n) is 5.03. The number of nitrogens with one attached hydrogen (secondary N) is 2. The smallest absolute Gasteiger partial charge is 0.314 e. The predicted molar refractivity (Wildman–Crippen MR) is 82.0 cm³/mol. The normalized spacial score (nSPS) is 12.0. The van der Waals surface area contributed by atoms with Crippen molar-refractivity contribution in [1.82, 2.24) is 15.6 Å². The summed E-state index contributed by atoms with van der Waals surface area (Å²) >= 11 is 1.52. The number of urea groups is 1. The lowest BCUT2D eigenvalue weighted by atomic mass is 10.1. The van der Waals surface area contributed by atoms with Gasteiger partial charge in [0.15, 0.2) is 17.5 Å². The number of halogens is 3. The van der Waals surface area contributed by atoms with Crippen molar-refractivity contribution in [3.05, 3.63) is 51.7 Å². The maximum absolute atomic E-state index is 13.1. The number of carbonyl (C=O) groups is 1. The van der Waals surface area contributed by atoms with Gasteiger partial charge in [-0.2, -0.15) is 0 Å². The van der Waals surface area contributed by atoms with Crippen LogP contribution in [-0.2, 0) is 6.42 Å². The highest BCUT2D eigenvalue weighted by Gasteiger charge is 2.11. The molecule has 23 heavy (non-hydrogen) atoms. The summed E-state index contributed by atoms with van der Waals surface area (Å²) < 4.78 is 38.9. The van der Waals surface area contributed by atoms with Crippen molar-refractivity contribution in [3.8, 4) is 0 Å².